The Hall–Kier alpha value is -0.610. The van der Waals surface area contributed by atoms with Crippen LogP contribution in [0.1, 0.15) is 20.8 Å². The quantitative estimate of drug-likeness (QED) is 0.659. The molecule has 17 heavy (non-hydrogen) atoms. The molecule has 0 aromatic carbocycles. The average molecular weight is 261 g/mol. The topological polar surface area (TPSA) is 48.0 Å². The van der Waals surface area contributed by atoms with Gasteiger partial charge in [-0.15, -0.1) is 0 Å². The molecule has 1 aliphatic heterocycles. The minimum absolute atomic E-state index is 0.291. The first-order valence-corrected chi connectivity index (χ1v) is 7.24. The van der Waals surface area contributed by atoms with Crippen molar-refractivity contribution >= 4 is 7.82 Å². The molecule has 0 fully saturated rings. The van der Waals surface area contributed by atoms with E-state index in [4.69, 9.17) is 13.6 Å². The lowest BCUT2D eigenvalue weighted by atomic mass is 10.3. The summed E-state index contributed by atoms with van der Waals surface area (Å²) in [5.41, 5.74) is 0. The number of phosphoric ester groups is 1. The summed E-state index contributed by atoms with van der Waals surface area (Å²) in [7, 11) is -3.44. The summed E-state index contributed by atoms with van der Waals surface area (Å²) in [4.78, 5) is 1.91. The predicted octanol–water partition coefficient (Wildman–Crippen LogP) is 2.92. The molecule has 6 heteroatoms. The fourth-order valence-corrected chi connectivity index (χ4v) is 2.74. The van der Waals surface area contributed by atoms with Crippen molar-refractivity contribution in [2.45, 2.75) is 27.0 Å². The van der Waals surface area contributed by atoms with Crippen LogP contribution in [0.2, 0.25) is 0 Å². The average Bonchev–Trinajstić information content (AvgIpc) is 2.30. The number of rotatable bonds is 7. The van der Waals surface area contributed by atoms with E-state index in [0.717, 1.165) is 6.54 Å². The first-order chi connectivity index (χ1) is 8.11. The number of hydrogen-bond donors (Lipinski definition) is 0. The first kappa shape index (κ1) is 14.5. The highest BCUT2D eigenvalue weighted by molar-refractivity contribution is 7.48. The molecule has 1 aliphatic rings. The minimum atomic E-state index is -3.44. The second-order valence-corrected chi connectivity index (χ2v) is 5.08. The second-order valence-electron chi connectivity index (χ2n) is 3.45. The van der Waals surface area contributed by atoms with Crippen molar-refractivity contribution in [1.29, 1.82) is 0 Å². The Morgan fingerprint density at radius 2 is 1.94 bits per heavy atom. The third kappa shape index (κ3) is 4.64. The van der Waals surface area contributed by atoms with Gasteiger partial charge in [0.1, 0.15) is 6.23 Å². The highest BCUT2D eigenvalue weighted by atomic mass is 31.2. The molecule has 5 nitrogen and oxygen atoms in total. The summed E-state index contributed by atoms with van der Waals surface area (Å²) in [5, 5.41) is 0. The Balaban J connectivity index is 2.57. The lowest BCUT2D eigenvalue weighted by Gasteiger charge is -2.29. The third-order valence-corrected chi connectivity index (χ3v) is 3.88. The van der Waals surface area contributed by atoms with Crippen LogP contribution < -0.4 is 0 Å². The van der Waals surface area contributed by atoms with E-state index >= 15 is 0 Å². The van der Waals surface area contributed by atoms with E-state index in [2.05, 4.69) is 0 Å². The molecule has 1 rings (SSSR count). The van der Waals surface area contributed by atoms with Crippen LogP contribution in [0, 0.1) is 0 Å². The fourth-order valence-electron chi connectivity index (χ4n) is 1.41. The van der Waals surface area contributed by atoms with Crippen molar-refractivity contribution in [2.75, 3.05) is 19.8 Å². The Morgan fingerprint density at radius 1 is 1.29 bits per heavy atom. The maximum Gasteiger partial charge on any atom is 0.476 e. The highest BCUT2D eigenvalue weighted by Gasteiger charge is 2.29. The van der Waals surface area contributed by atoms with Gasteiger partial charge in [-0.25, -0.2) is 4.57 Å². The lowest BCUT2D eigenvalue weighted by Crippen LogP contribution is -2.31. The SMILES string of the molecule is CCOP(=O)(OCC)OC(C)N1C=CC=CC1. The van der Waals surface area contributed by atoms with Crippen LogP contribution in [0.15, 0.2) is 24.4 Å². The van der Waals surface area contributed by atoms with Crippen molar-refractivity contribution in [2.24, 2.45) is 0 Å². The van der Waals surface area contributed by atoms with Crippen molar-refractivity contribution in [3.05, 3.63) is 24.4 Å². The van der Waals surface area contributed by atoms with Gasteiger partial charge in [-0.2, -0.15) is 0 Å². The van der Waals surface area contributed by atoms with Crippen molar-refractivity contribution in [3.63, 3.8) is 0 Å². The second kappa shape index (κ2) is 6.97. The Bertz CT molecular complexity index is 319. The summed E-state index contributed by atoms with van der Waals surface area (Å²) in [6, 6.07) is 0. The summed E-state index contributed by atoms with van der Waals surface area (Å²) >= 11 is 0. The maximum absolute atomic E-state index is 12.1. The molecule has 0 aromatic heterocycles. The molecule has 0 aromatic rings. The van der Waals surface area contributed by atoms with Crippen LogP contribution in [0.3, 0.4) is 0 Å². The van der Waals surface area contributed by atoms with Gasteiger partial charge in [-0.3, -0.25) is 13.6 Å². The van der Waals surface area contributed by atoms with Gasteiger partial charge in [0, 0.05) is 12.7 Å². The van der Waals surface area contributed by atoms with Crippen LogP contribution in [-0.4, -0.2) is 30.9 Å². The number of allylic oxidation sites excluding steroid dienone is 2. The van der Waals surface area contributed by atoms with Gasteiger partial charge in [0.2, 0.25) is 0 Å². The molecule has 98 valence electrons. The van der Waals surface area contributed by atoms with Crippen LogP contribution in [-0.2, 0) is 18.1 Å². The van der Waals surface area contributed by atoms with Gasteiger partial charge >= 0.3 is 7.82 Å². The third-order valence-electron chi connectivity index (χ3n) is 2.16. The van der Waals surface area contributed by atoms with E-state index in [1.165, 1.54) is 0 Å². The van der Waals surface area contributed by atoms with Gasteiger partial charge in [0.25, 0.3) is 0 Å². The van der Waals surface area contributed by atoms with Gasteiger partial charge in [0.15, 0.2) is 0 Å². The molecule has 1 heterocycles. The van der Waals surface area contributed by atoms with Gasteiger partial charge in [-0.1, -0.05) is 12.2 Å². The van der Waals surface area contributed by atoms with Gasteiger partial charge in [-0.05, 0) is 26.8 Å². The molecule has 1 unspecified atom stereocenters. The van der Waals surface area contributed by atoms with E-state index in [1.807, 2.05) is 36.3 Å². The van der Waals surface area contributed by atoms with Crippen LogP contribution >= 0.6 is 7.82 Å². The first-order valence-electron chi connectivity index (χ1n) is 5.78. The zero-order valence-corrected chi connectivity index (χ0v) is 11.4. The fraction of sp³-hybridized carbons (Fsp3) is 0.636. The molecule has 0 radical (unpaired) electrons. The van der Waals surface area contributed by atoms with E-state index < -0.39 is 7.82 Å². The van der Waals surface area contributed by atoms with Gasteiger partial charge < -0.3 is 4.90 Å². The molecule has 0 aliphatic carbocycles. The monoisotopic (exact) mass is 261 g/mol. The molecular weight excluding hydrogens is 241 g/mol. The normalized spacial score (nSPS) is 17.5. The zero-order chi connectivity index (χ0) is 12.7. The van der Waals surface area contributed by atoms with E-state index in [-0.39, 0.29) is 6.23 Å². The zero-order valence-electron chi connectivity index (χ0n) is 10.5. The summed E-state index contributed by atoms with van der Waals surface area (Å²) < 4.78 is 27.7. The Labute approximate surface area is 103 Å². The molecule has 1 atom stereocenters. The molecule has 0 N–H and O–H groups in total. The van der Waals surface area contributed by atoms with Crippen molar-refractivity contribution in [1.82, 2.24) is 4.90 Å². The van der Waals surface area contributed by atoms with E-state index in [0.29, 0.717) is 13.2 Å². The number of hydrogen-bond acceptors (Lipinski definition) is 5. The lowest BCUT2D eigenvalue weighted by molar-refractivity contribution is 0.0281. The van der Waals surface area contributed by atoms with E-state index in [9.17, 15) is 4.57 Å². The maximum atomic E-state index is 12.1. The van der Waals surface area contributed by atoms with Gasteiger partial charge in [0.05, 0.1) is 13.2 Å². The molecule has 0 saturated carbocycles. The van der Waals surface area contributed by atoms with Crippen molar-refractivity contribution in [3.8, 4) is 0 Å². The van der Waals surface area contributed by atoms with Crippen LogP contribution in [0.5, 0.6) is 0 Å². The number of nitrogens with zero attached hydrogens (tertiary/aromatic N) is 1. The molecule has 0 spiro atoms. The highest BCUT2D eigenvalue weighted by Crippen LogP contribution is 2.50. The van der Waals surface area contributed by atoms with Crippen molar-refractivity contribution < 1.29 is 18.1 Å². The minimum Gasteiger partial charge on any atom is -0.348 e. The number of phosphoric acid groups is 1. The predicted molar refractivity (Wildman–Crippen MR) is 66.4 cm³/mol. The standard InChI is InChI=1S/C11H20NO4P/c1-4-14-17(13,15-5-2)16-11(3)12-9-7-6-8-10-12/h6-9,11H,4-5,10H2,1-3H3. The Kier molecular flexibility index (Phi) is 5.92. The van der Waals surface area contributed by atoms with Crippen LogP contribution in [0.4, 0.5) is 0 Å². The molecule has 0 bridgehead atoms. The summed E-state index contributed by atoms with van der Waals surface area (Å²) in [6.45, 7) is 6.62. The van der Waals surface area contributed by atoms with E-state index in [1.54, 1.807) is 13.8 Å². The van der Waals surface area contributed by atoms with Crippen LogP contribution in [0.25, 0.3) is 0 Å². The Morgan fingerprint density at radius 3 is 2.41 bits per heavy atom. The summed E-state index contributed by atoms with van der Waals surface area (Å²) in [5.74, 6) is 0. The summed E-state index contributed by atoms with van der Waals surface area (Å²) in [6.07, 6.45) is 7.36. The molecule has 0 amide bonds. The molecule has 0 saturated heterocycles. The smallest absolute Gasteiger partial charge is 0.348 e. The molecular formula is C11H20NO4P. The largest absolute Gasteiger partial charge is 0.476 e.